The first-order chi connectivity index (χ1) is 14.1. The van der Waals surface area contributed by atoms with Crippen molar-refractivity contribution in [2.75, 3.05) is 48.1 Å². The van der Waals surface area contributed by atoms with Crippen molar-refractivity contribution in [3.8, 4) is 0 Å². The highest BCUT2D eigenvalue weighted by molar-refractivity contribution is 5.72. The van der Waals surface area contributed by atoms with Crippen LogP contribution in [-0.4, -0.2) is 54.3 Å². The molecule has 0 spiro atoms. The molecule has 2 aliphatic rings. The van der Waals surface area contributed by atoms with Gasteiger partial charge < -0.3 is 25.6 Å². The zero-order valence-corrected chi connectivity index (χ0v) is 17.6. The fourth-order valence-corrected chi connectivity index (χ4v) is 4.46. The van der Waals surface area contributed by atoms with Crippen molar-refractivity contribution in [1.82, 2.24) is 15.0 Å². The Labute approximate surface area is 172 Å². The molecule has 8 heteroatoms. The third-order valence-electron chi connectivity index (χ3n) is 5.84. The zero-order chi connectivity index (χ0) is 20.4. The number of hydrogen-bond donors (Lipinski definition) is 3. The lowest BCUT2D eigenvalue weighted by atomic mass is 10.0. The third-order valence-corrected chi connectivity index (χ3v) is 5.84. The first kappa shape index (κ1) is 19.7. The number of fused-ring (bicyclic) bond motifs is 1. The molecule has 1 aliphatic carbocycles. The van der Waals surface area contributed by atoms with Crippen LogP contribution in [0.25, 0.3) is 0 Å². The van der Waals surface area contributed by atoms with Crippen LogP contribution >= 0.6 is 0 Å². The Morgan fingerprint density at radius 3 is 2.52 bits per heavy atom. The van der Waals surface area contributed by atoms with Crippen molar-refractivity contribution in [2.45, 2.75) is 38.8 Å². The van der Waals surface area contributed by atoms with Crippen molar-refractivity contribution >= 4 is 29.0 Å². The molecule has 29 heavy (non-hydrogen) atoms. The number of nitrogens with one attached hydrogen (secondary N) is 3. The predicted octanol–water partition coefficient (Wildman–Crippen LogP) is 3.34. The van der Waals surface area contributed by atoms with E-state index in [2.05, 4.69) is 44.7 Å². The zero-order valence-electron chi connectivity index (χ0n) is 17.6. The van der Waals surface area contributed by atoms with Gasteiger partial charge in [0.15, 0.2) is 0 Å². The van der Waals surface area contributed by atoms with Crippen LogP contribution in [0.3, 0.4) is 0 Å². The Bertz CT molecular complexity index is 830. The molecule has 156 valence electrons. The molecular formula is C21H31N7O. The SMILES string of the molecule is CNc1cnc(Nc2ccnc(N3C[C@H]4C[C@@H](OC)C[C@H]4C3)n2)cc1NC(C)C. The van der Waals surface area contributed by atoms with E-state index in [1.54, 1.807) is 0 Å². The summed E-state index contributed by atoms with van der Waals surface area (Å²) in [6, 6.07) is 4.21. The lowest BCUT2D eigenvalue weighted by Crippen LogP contribution is -2.25. The molecular weight excluding hydrogens is 366 g/mol. The van der Waals surface area contributed by atoms with E-state index in [9.17, 15) is 0 Å². The molecule has 4 rings (SSSR count). The number of hydrogen-bond acceptors (Lipinski definition) is 8. The van der Waals surface area contributed by atoms with Gasteiger partial charge in [0.25, 0.3) is 0 Å². The Kier molecular flexibility index (Phi) is 5.71. The van der Waals surface area contributed by atoms with Gasteiger partial charge in [0.05, 0.1) is 23.7 Å². The van der Waals surface area contributed by atoms with Crippen molar-refractivity contribution in [1.29, 1.82) is 0 Å². The fraction of sp³-hybridized carbons (Fsp3) is 0.571. The molecule has 3 heterocycles. The minimum Gasteiger partial charge on any atom is -0.385 e. The van der Waals surface area contributed by atoms with E-state index in [-0.39, 0.29) is 0 Å². The second-order valence-corrected chi connectivity index (χ2v) is 8.29. The lowest BCUT2D eigenvalue weighted by Gasteiger charge is -2.19. The molecule has 3 N–H and O–H groups in total. The fourth-order valence-electron chi connectivity index (χ4n) is 4.46. The van der Waals surface area contributed by atoms with Crippen LogP contribution in [0.15, 0.2) is 24.5 Å². The summed E-state index contributed by atoms with van der Waals surface area (Å²) >= 11 is 0. The maximum atomic E-state index is 5.55. The van der Waals surface area contributed by atoms with Crippen molar-refractivity contribution in [2.24, 2.45) is 11.8 Å². The van der Waals surface area contributed by atoms with Gasteiger partial charge in [-0.05, 0) is 44.6 Å². The number of methoxy groups -OCH3 is 1. The van der Waals surface area contributed by atoms with E-state index >= 15 is 0 Å². The van der Waals surface area contributed by atoms with E-state index in [0.717, 1.165) is 54.9 Å². The molecule has 1 aliphatic heterocycles. The van der Waals surface area contributed by atoms with Crippen LogP contribution in [0.2, 0.25) is 0 Å². The van der Waals surface area contributed by atoms with E-state index in [4.69, 9.17) is 9.72 Å². The molecule has 2 aromatic rings. The van der Waals surface area contributed by atoms with Gasteiger partial charge in [0, 0.05) is 45.6 Å². The summed E-state index contributed by atoms with van der Waals surface area (Å²) in [5, 5.41) is 9.94. The van der Waals surface area contributed by atoms with Crippen LogP contribution in [0.1, 0.15) is 26.7 Å². The van der Waals surface area contributed by atoms with Crippen molar-refractivity contribution in [3.63, 3.8) is 0 Å². The largest absolute Gasteiger partial charge is 0.385 e. The van der Waals surface area contributed by atoms with Crippen LogP contribution in [-0.2, 0) is 4.74 Å². The number of aromatic nitrogens is 3. The molecule has 1 saturated heterocycles. The number of ether oxygens (including phenoxy) is 1. The van der Waals surface area contributed by atoms with Crippen LogP contribution in [0.5, 0.6) is 0 Å². The first-order valence-electron chi connectivity index (χ1n) is 10.4. The smallest absolute Gasteiger partial charge is 0.227 e. The number of pyridine rings is 1. The van der Waals surface area contributed by atoms with Gasteiger partial charge in [0.2, 0.25) is 5.95 Å². The van der Waals surface area contributed by atoms with Gasteiger partial charge >= 0.3 is 0 Å². The molecule has 0 aromatic carbocycles. The maximum absolute atomic E-state index is 5.55. The van der Waals surface area contributed by atoms with Crippen molar-refractivity contribution < 1.29 is 4.74 Å². The Morgan fingerprint density at radius 2 is 1.86 bits per heavy atom. The van der Waals surface area contributed by atoms with E-state index < -0.39 is 0 Å². The minimum atomic E-state index is 0.329. The molecule has 0 radical (unpaired) electrons. The average molecular weight is 398 g/mol. The highest BCUT2D eigenvalue weighted by atomic mass is 16.5. The van der Waals surface area contributed by atoms with E-state index in [0.29, 0.717) is 24.0 Å². The normalized spacial score (nSPS) is 23.3. The van der Waals surface area contributed by atoms with Crippen LogP contribution in [0, 0.1) is 11.8 Å². The standard InChI is InChI=1S/C21H31N7O/c1-13(2)25-17-9-20(24-10-18(17)22-3)26-19-5-6-23-21(27-19)28-11-14-7-16(29-4)8-15(14)12-28/h5-6,9-10,13-16,22H,7-8,11-12H2,1-4H3,(H2,23,24,25,26,27)/t14-,15+,16-. The van der Waals surface area contributed by atoms with Gasteiger partial charge in [-0.3, -0.25) is 0 Å². The first-order valence-corrected chi connectivity index (χ1v) is 10.4. The van der Waals surface area contributed by atoms with Gasteiger partial charge in [-0.25, -0.2) is 9.97 Å². The van der Waals surface area contributed by atoms with Gasteiger partial charge in [0.1, 0.15) is 11.6 Å². The topological polar surface area (TPSA) is 87.2 Å². The molecule has 3 atom stereocenters. The quantitative estimate of drug-likeness (QED) is 0.656. The number of anilines is 5. The Balaban J connectivity index is 1.46. The molecule has 2 aromatic heterocycles. The second-order valence-electron chi connectivity index (χ2n) is 8.29. The Morgan fingerprint density at radius 1 is 1.10 bits per heavy atom. The molecule has 0 amide bonds. The minimum absolute atomic E-state index is 0.329. The summed E-state index contributed by atoms with van der Waals surface area (Å²) < 4.78 is 5.55. The monoisotopic (exact) mass is 397 g/mol. The van der Waals surface area contributed by atoms with Crippen LogP contribution in [0.4, 0.5) is 29.0 Å². The highest BCUT2D eigenvalue weighted by Crippen LogP contribution is 2.40. The lowest BCUT2D eigenvalue weighted by molar-refractivity contribution is 0.102. The Hall–Kier alpha value is -2.61. The van der Waals surface area contributed by atoms with Gasteiger partial charge in [-0.15, -0.1) is 0 Å². The summed E-state index contributed by atoms with van der Waals surface area (Å²) in [5.74, 6) is 3.65. The van der Waals surface area contributed by atoms with E-state index in [1.807, 2.05) is 38.7 Å². The molecule has 0 unspecified atom stereocenters. The van der Waals surface area contributed by atoms with Crippen molar-refractivity contribution in [3.05, 3.63) is 24.5 Å². The van der Waals surface area contributed by atoms with Gasteiger partial charge in [-0.1, -0.05) is 0 Å². The summed E-state index contributed by atoms with van der Waals surface area (Å²) in [4.78, 5) is 16.1. The average Bonchev–Trinajstić information content (AvgIpc) is 3.27. The summed E-state index contributed by atoms with van der Waals surface area (Å²) in [6.07, 6.45) is 6.34. The summed E-state index contributed by atoms with van der Waals surface area (Å²) in [7, 11) is 3.72. The predicted molar refractivity (Wildman–Crippen MR) is 117 cm³/mol. The summed E-state index contributed by atoms with van der Waals surface area (Å²) in [6.45, 7) is 6.24. The number of nitrogens with zero attached hydrogens (tertiary/aromatic N) is 4. The summed E-state index contributed by atoms with van der Waals surface area (Å²) in [5.41, 5.74) is 1.97. The third kappa shape index (κ3) is 4.37. The number of rotatable bonds is 7. The van der Waals surface area contributed by atoms with E-state index in [1.165, 1.54) is 0 Å². The second kappa shape index (κ2) is 8.41. The molecule has 8 nitrogen and oxygen atoms in total. The maximum Gasteiger partial charge on any atom is 0.227 e. The highest BCUT2D eigenvalue weighted by Gasteiger charge is 2.41. The van der Waals surface area contributed by atoms with Gasteiger partial charge in [-0.2, -0.15) is 4.98 Å². The van der Waals surface area contributed by atoms with Crippen LogP contribution < -0.4 is 20.9 Å². The molecule has 1 saturated carbocycles. The molecule has 2 fully saturated rings. The molecule has 0 bridgehead atoms.